The third kappa shape index (κ3) is 2.27. The number of carbonyl (C=O) groups is 1. The first-order valence-electron chi connectivity index (χ1n) is 6.32. The van der Waals surface area contributed by atoms with Crippen LogP contribution in [0.2, 0.25) is 0 Å². The molecular weight excluding hydrogens is 256 g/mol. The highest BCUT2D eigenvalue weighted by molar-refractivity contribution is 5.88. The number of carboxylic acid groups (broad SMARTS) is 1. The molecule has 2 heterocycles. The summed E-state index contributed by atoms with van der Waals surface area (Å²) in [6.45, 7) is 1.54. The Morgan fingerprint density at radius 2 is 2.05 bits per heavy atom. The number of carboxylic acids is 1. The van der Waals surface area contributed by atoms with Crippen molar-refractivity contribution >= 4 is 17.6 Å². The van der Waals surface area contributed by atoms with Crippen LogP contribution in [0.5, 0.6) is 0 Å². The van der Waals surface area contributed by atoms with Crippen LogP contribution in [0.4, 0.5) is 11.6 Å². The van der Waals surface area contributed by atoms with Gasteiger partial charge in [0.25, 0.3) is 0 Å². The maximum absolute atomic E-state index is 10.8. The number of anilines is 2. The number of benzene rings is 1. The molecule has 6 nitrogen and oxygen atoms in total. The SMILES string of the molecule is Nc1ncc2c(n1)CCN(c1ccc(C(=O)O)cc1)C2. The van der Waals surface area contributed by atoms with Gasteiger partial charge in [-0.15, -0.1) is 0 Å². The average molecular weight is 270 g/mol. The van der Waals surface area contributed by atoms with Crippen molar-refractivity contribution in [3.05, 3.63) is 47.3 Å². The van der Waals surface area contributed by atoms with E-state index in [1.807, 2.05) is 12.1 Å². The minimum atomic E-state index is -0.913. The predicted molar refractivity (Wildman–Crippen MR) is 74.6 cm³/mol. The number of aromatic carboxylic acids is 1. The molecule has 20 heavy (non-hydrogen) atoms. The molecule has 1 aromatic heterocycles. The highest BCUT2D eigenvalue weighted by Crippen LogP contribution is 2.23. The fraction of sp³-hybridized carbons (Fsp3) is 0.214. The normalized spacial score (nSPS) is 13.9. The Kier molecular flexibility index (Phi) is 2.98. The van der Waals surface area contributed by atoms with Crippen molar-refractivity contribution in [2.75, 3.05) is 17.2 Å². The summed E-state index contributed by atoms with van der Waals surface area (Å²) in [5, 5.41) is 8.90. The topological polar surface area (TPSA) is 92.3 Å². The van der Waals surface area contributed by atoms with E-state index in [2.05, 4.69) is 14.9 Å². The lowest BCUT2D eigenvalue weighted by Crippen LogP contribution is -2.31. The van der Waals surface area contributed by atoms with E-state index < -0.39 is 5.97 Å². The molecule has 0 spiro atoms. The first-order valence-corrected chi connectivity index (χ1v) is 6.32. The van der Waals surface area contributed by atoms with Crippen molar-refractivity contribution < 1.29 is 9.90 Å². The van der Waals surface area contributed by atoms with E-state index in [1.54, 1.807) is 18.3 Å². The minimum absolute atomic E-state index is 0.294. The molecule has 0 amide bonds. The number of rotatable bonds is 2. The van der Waals surface area contributed by atoms with Crippen LogP contribution in [-0.2, 0) is 13.0 Å². The highest BCUT2D eigenvalue weighted by Gasteiger charge is 2.18. The summed E-state index contributed by atoms with van der Waals surface area (Å²) in [4.78, 5) is 21.3. The van der Waals surface area contributed by atoms with Gasteiger partial charge in [-0.05, 0) is 24.3 Å². The van der Waals surface area contributed by atoms with E-state index in [4.69, 9.17) is 10.8 Å². The zero-order chi connectivity index (χ0) is 14.1. The largest absolute Gasteiger partial charge is 0.478 e. The molecule has 6 heteroatoms. The Morgan fingerprint density at radius 3 is 2.75 bits per heavy atom. The van der Waals surface area contributed by atoms with Crippen molar-refractivity contribution in [3.8, 4) is 0 Å². The van der Waals surface area contributed by atoms with Crippen LogP contribution >= 0.6 is 0 Å². The standard InChI is InChI=1S/C14H14N4O2/c15-14-16-7-10-8-18(6-5-12(10)17-14)11-3-1-9(2-4-11)13(19)20/h1-4,7H,5-6,8H2,(H,19,20)(H2,15,16,17). The maximum atomic E-state index is 10.8. The molecule has 1 aliphatic heterocycles. The van der Waals surface area contributed by atoms with Gasteiger partial charge in [0.15, 0.2) is 0 Å². The molecule has 0 radical (unpaired) electrons. The molecule has 1 aliphatic rings. The lowest BCUT2D eigenvalue weighted by Gasteiger charge is -2.30. The second-order valence-electron chi connectivity index (χ2n) is 4.72. The molecule has 0 atom stereocenters. The third-order valence-electron chi connectivity index (χ3n) is 3.43. The van der Waals surface area contributed by atoms with E-state index >= 15 is 0 Å². The molecule has 0 saturated heterocycles. The monoisotopic (exact) mass is 270 g/mol. The van der Waals surface area contributed by atoms with E-state index in [0.717, 1.165) is 29.9 Å². The lowest BCUT2D eigenvalue weighted by molar-refractivity contribution is 0.0697. The summed E-state index contributed by atoms with van der Waals surface area (Å²) in [5.74, 6) is -0.604. The smallest absolute Gasteiger partial charge is 0.335 e. The minimum Gasteiger partial charge on any atom is -0.478 e. The second kappa shape index (κ2) is 4.80. The maximum Gasteiger partial charge on any atom is 0.335 e. The van der Waals surface area contributed by atoms with Crippen LogP contribution in [0.25, 0.3) is 0 Å². The van der Waals surface area contributed by atoms with E-state index in [0.29, 0.717) is 18.1 Å². The number of hydrogen-bond acceptors (Lipinski definition) is 5. The number of fused-ring (bicyclic) bond motifs is 1. The number of aromatic nitrogens is 2. The van der Waals surface area contributed by atoms with Gasteiger partial charge in [0.05, 0.1) is 11.3 Å². The van der Waals surface area contributed by atoms with Crippen molar-refractivity contribution in [1.29, 1.82) is 0 Å². The van der Waals surface area contributed by atoms with Crippen molar-refractivity contribution in [3.63, 3.8) is 0 Å². The van der Waals surface area contributed by atoms with Gasteiger partial charge < -0.3 is 15.7 Å². The van der Waals surface area contributed by atoms with E-state index in [-0.39, 0.29) is 0 Å². The molecule has 102 valence electrons. The van der Waals surface area contributed by atoms with Gasteiger partial charge in [-0.1, -0.05) is 0 Å². The van der Waals surface area contributed by atoms with Crippen LogP contribution in [0.3, 0.4) is 0 Å². The summed E-state index contributed by atoms with van der Waals surface area (Å²) in [5.41, 5.74) is 8.93. The molecule has 0 unspecified atom stereocenters. The third-order valence-corrected chi connectivity index (χ3v) is 3.43. The number of nitrogens with zero attached hydrogens (tertiary/aromatic N) is 3. The van der Waals surface area contributed by atoms with Gasteiger partial charge >= 0.3 is 5.97 Å². The van der Waals surface area contributed by atoms with Gasteiger partial charge in [0, 0.05) is 37.0 Å². The van der Waals surface area contributed by atoms with Gasteiger partial charge in [-0.25, -0.2) is 14.8 Å². The molecule has 0 saturated carbocycles. The Labute approximate surface area is 115 Å². The quantitative estimate of drug-likeness (QED) is 0.855. The molecule has 2 aromatic rings. The van der Waals surface area contributed by atoms with E-state index in [9.17, 15) is 4.79 Å². The zero-order valence-electron chi connectivity index (χ0n) is 10.8. The van der Waals surface area contributed by atoms with Crippen LogP contribution in [0.1, 0.15) is 21.6 Å². The second-order valence-corrected chi connectivity index (χ2v) is 4.72. The highest BCUT2D eigenvalue weighted by atomic mass is 16.4. The zero-order valence-corrected chi connectivity index (χ0v) is 10.8. The molecular formula is C14H14N4O2. The molecule has 0 fully saturated rings. The fourth-order valence-corrected chi connectivity index (χ4v) is 2.37. The summed E-state index contributed by atoms with van der Waals surface area (Å²) in [6.07, 6.45) is 2.57. The van der Waals surface area contributed by atoms with Gasteiger partial charge in [0.2, 0.25) is 5.95 Å². The molecule has 1 aromatic carbocycles. The van der Waals surface area contributed by atoms with Crippen LogP contribution in [0.15, 0.2) is 30.5 Å². The summed E-state index contributed by atoms with van der Waals surface area (Å²) >= 11 is 0. The number of hydrogen-bond donors (Lipinski definition) is 2. The lowest BCUT2D eigenvalue weighted by atomic mass is 10.1. The number of nitrogens with two attached hydrogens (primary N) is 1. The van der Waals surface area contributed by atoms with Crippen molar-refractivity contribution in [2.45, 2.75) is 13.0 Å². The average Bonchev–Trinajstić information content (AvgIpc) is 2.47. The van der Waals surface area contributed by atoms with Gasteiger partial charge in [-0.3, -0.25) is 0 Å². The van der Waals surface area contributed by atoms with Gasteiger partial charge in [-0.2, -0.15) is 0 Å². The van der Waals surface area contributed by atoms with Crippen LogP contribution in [0, 0.1) is 0 Å². The fourth-order valence-electron chi connectivity index (χ4n) is 2.37. The van der Waals surface area contributed by atoms with Crippen molar-refractivity contribution in [2.24, 2.45) is 0 Å². The van der Waals surface area contributed by atoms with Crippen molar-refractivity contribution in [1.82, 2.24) is 9.97 Å². The summed E-state index contributed by atoms with van der Waals surface area (Å²) < 4.78 is 0. The molecule has 0 bridgehead atoms. The van der Waals surface area contributed by atoms with Crippen LogP contribution < -0.4 is 10.6 Å². The summed E-state index contributed by atoms with van der Waals surface area (Å²) in [6, 6.07) is 6.89. The molecule has 3 N–H and O–H groups in total. The molecule has 0 aliphatic carbocycles. The Morgan fingerprint density at radius 1 is 1.30 bits per heavy atom. The van der Waals surface area contributed by atoms with Gasteiger partial charge in [0.1, 0.15) is 0 Å². The Hall–Kier alpha value is -2.63. The first kappa shape index (κ1) is 12.4. The summed E-state index contributed by atoms with van der Waals surface area (Å²) in [7, 11) is 0. The Balaban J connectivity index is 1.83. The van der Waals surface area contributed by atoms with E-state index in [1.165, 1.54) is 0 Å². The predicted octanol–water partition coefficient (Wildman–Crippen LogP) is 1.32. The molecule has 3 rings (SSSR count). The Bertz CT molecular complexity index is 655. The first-order chi connectivity index (χ1) is 9.63. The number of nitrogen functional groups attached to an aromatic ring is 1. The van der Waals surface area contributed by atoms with Crippen LogP contribution in [-0.4, -0.2) is 27.6 Å².